The van der Waals surface area contributed by atoms with Gasteiger partial charge in [-0.1, -0.05) is 6.92 Å². The summed E-state index contributed by atoms with van der Waals surface area (Å²) in [6, 6.07) is 3.62. The Labute approximate surface area is 122 Å². The molecule has 1 aromatic carbocycles. The summed E-state index contributed by atoms with van der Waals surface area (Å²) in [5, 5.41) is 16.2. The average Bonchev–Trinajstić information content (AvgIpc) is 2.40. The van der Waals surface area contributed by atoms with Gasteiger partial charge in [0.25, 0.3) is 5.69 Å². The predicted octanol–water partition coefficient (Wildman–Crippen LogP) is 0.416. The van der Waals surface area contributed by atoms with Crippen molar-refractivity contribution < 1.29 is 13.3 Å². The second-order valence-electron chi connectivity index (χ2n) is 5.33. The van der Waals surface area contributed by atoms with Crippen molar-refractivity contribution in [2.45, 2.75) is 24.3 Å². The SMILES string of the molecule is CC1CCN(c2ccc(S(N)(=O)=O)cc2[N+](=O)[O-])CC1N. The topological polar surface area (TPSA) is 133 Å². The number of benzene rings is 1. The molecule has 1 aromatic rings. The Balaban J connectivity index is 2.42. The van der Waals surface area contributed by atoms with Gasteiger partial charge in [-0.15, -0.1) is 0 Å². The normalized spacial score (nSPS) is 23.1. The molecule has 0 aromatic heterocycles. The van der Waals surface area contributed by atoms with E-state index < -0.39 is 14.9 Å². The Hall–Kier alpha value is -1.71. The highest BCUT2D eigenvalue weighted by Crippen LogP contribution is 2.32. The third-order valence-electron chi connectivity index (χ3n) is 3.83. The summed E-state index contributed by atoms with van der Waals surface area (Å²) in [5.41, 5.74) is 6.10. The van der Waals surface area contributed by atoms with E-state index in [9.17, 15) is 18.5 Å². The van der Waals surface area contributed by atoms with Crippen molar-refractivity contribution in [2.75, 3.05) is 18.0 Å². The number of hydrogen-bond donors (Lipinski definition) is 2. The fourth-order valence-corrected chi connectivity index (χ4v) is 2.95. The lowest BCUT2D eigenvalue weighted by atomic mass is 9.94. The van der Waals surface area contributed by atoms with E-state index in [1.54, 1.807) is 0 Å². The van der Waals surface area contributed by atoms with E-state index in [-0.39, 0.29) is 16.6 Å². The standard InChI is InChI=1S/C12H18N4O4S/c1-8-4-5-15(7-10(8)13)11-3-2-9(21(14,19)20)6-12(11)16(17)18/h2-3,6,8,10H,4-5,7,13H2,1H3,(H2,14,19,20). The first-order chi connectivity index (χ1) is 9.70. The molecule has 1 heterocycles. The van der Waals surface area contributed by atoms with Gasteiger partial charge in [-0.2, -0.15) is 0 Å². The monoisotopic (exact) mass is 314 g/mol. The molecule has 4 N–H and O–H groups in total. The van der Waals surface area contributed by atoms with Gasteiger partial charge in [-0.05, 0) is 24.5 Å². The van der Waals surface area contributed by atoms with Gasteiger partial charge in [0.15, 0.2) is 0 Å². The number of nitro benzene ring substituents is 1. The minimum atomic E-state index is -3.97. The van der Waals surface area contributed by atoms with Crippen LogP contribution in [0, 0.1) is 16.0 Å². The summed E-state index contributed by atoms with van der Waals surface area (Å²) >= 11 is 0. The second kappa shape index (κ2) is 5.58. The smallest absolute Gasteiger partial charge is 0.293 e. The fraction of sp³-hybridized carbons (Fsp3) is 0.500. The number of nitro groups is 1. The Bertz CT molecular complexity index is 661. The van der Waals surface area contributed by atoms with Crippen molar-refractivity contribution in [2.24, 2.45) is 16.8 Å². The number of nitrogens with zero attached hydrogens (tertiary/aromatic N) is 2. The Morgan fingerprint density at radius 2 is 2.10 bits per heavy atom. The molecular weight excluding hydrogens is 296 g/mol. The number of piperidine rings is 1. The van der Waals surface area contributed by atoms with E-state index in [4.69, 9.17) is 10.9 Å². The first kappa shape index (κ1) is 15.7. The molecule has 0 radical (unpaired) electrons. The summed E-state index contributed by atoms with van der Waals surface area (Å²) < 4.78 is 22.6. The fourth-order valence-electron chi connectivity index (χ4n) is 2.41. The van der Waals surface area contributed by atoms with E-state index in [1.807, 2.05) is 11.8 Å². The lowest BCUT2D eigenvalue weighted by molar-refractivity contribution is -0.384. The highest BCUT2D eigenvalue weighted by Gasteiger charge is 2.28. The molecule has 2 unspecified atom stereocenters. The van der Waals surface area contributed by atoms with Crippen LogP contribution in [0.15, 0.2) is 23.1 Å². The van der Waals surface area contributed by atoms with Crippen molar-refractivity contribution in [3.8, 4) is 0 Å². The molecule has 2 rings (SSSR count). The molecule has 0 spiro atoms. The number of rotatable bonds is 3. The summed E-state index contributed by atoms with van der Waals surface area (Å²) in [4.78, 5) is 12.1. The van der Waals surface area contributed by atoms with Crippen LogP contribution in [0.4, 0.5) is 11.4 Å². The van der Waals surface area contributed by atoms with Gasteiger partial charge in [-0.3, -0.25) is 10.1 Å². The Morgan fingerprint density at radius 3 is 2.62 bits per heavy atom. The Morgan fingerprint density at radius 1 is 1.43 bits per heavy atom. The number of anilines is 1. The highest BCUT2D eigenvalue weighted by atomic mass is 32.2. The number of hydrogen-bond acceptors (Lipinski definition) is 6. The molecule has 116 valence electrons. The molecule has 1 aliphatic rings. The van der Waals surface area contributed by atoms with E-state index in [1.165, 1.54) is 12.1 Å². The lowest BCUT2D eigenvalue weighted by Crippen LogP contribution is -2.47. The average molecular weight is 314 g/mol. The zero-order chi connectivity index (χ0) is 15.8. The Kier molecular flexibility index (Phi) is 4.17. The van der Waals surface area contributed by atoms with Gasteiger partial charge in [0.1, 0.15) is 5.69 Å². The first-order valence-corrected chi connectivity index (χ1v) is 8.06. The van der Waals surface area contributed by atoms with Crippen LogP contribution in [-0.2, 0) is 10.0 Å². The third-order valence-corrected chi connectivity index (χ3v) is 4.74. The maximum absolute atomic E-state index is 11.3. The van der Waals surface area contributed by atoms with Crippen molar-refractivity contribution in [3.05, 3.63) is 28.3 Å². The number of primary sulfonamides is 1. The molecule has 9 heteroatoms. The number of sulfonamides is 1. The van der Waals surface area contributed by atoms with Gasteiger partial charge in [-0.25, -0.2) is 13.6 Å². The lowest BCUT2D eigenvalue weighted by Gasteiger charge is -2.36. The van der Waals surface area contributed by atoms with Crippen LogP contribution in [0.25, 0.3) is 0 Å². The zero-order valence-electron chi connectivity index (χ0n) is 11.6. The van der Waals surface area contributed by atoms with Gasteiger partial charge >= 0.3 is 0 Å². The molecule has 0 aliphatic carbocycles. The summed E-state index contributed by atoms with van der Waals surface area (Å²) in [6.45, 7) is 3.18. The van der Waals surface area contributed by atoms with Crippen LogP contribution < -0.4 is 15.8 Å². The van der Waals surface area contributed by atoms with Crippen LogP contribution in [0.5, 0.6) is 0 Å². The predicted molar refractivity (Wildman–Crippen MR) is 78.4 cm³/mol. The van der Waals surface area contributed by atoms with Crippen LogP contribution in [0.2, 0.25) is 0 Å². The summed E-state index contributed by atoms with van der Waals surface area (Å²) in [7, 11) is -3.97. The maximum atomic E-state index is 11.3. The quantitative estimate of drug-likeness (QED) is 0.613. The largest absolute Gasteiger partial charge is 0.364 e. The van der Waals surface area contributed by atoms with Crippen LogP contribution in [0.1, 0.15) is 13.3 Å². The molecular formula is C12H18N4O4S. The van der Waals surface area contributed by atoms with Gasteiger partial charge in [0.2, 0.25) is 10.0 Å². The summed E-state index contributed by atoms with van der Waals surface area (Å²) in [6.07, 6.45) is 0.829. The van der Waals surface area contributed by atoms with Crippen molar-refractivity contribution in [1.29, 1.82) is 0 Å². The molecule has 8 nitrogen and oxygen atoms in total. The van der Waals surface area contributed by atoms with Crippen molar-refractivity contribution in [3.63, 3.8) is 0 Å². The second-order valence-corrected chi connectivity index (χ2v) is 6.89. The molecule has 2 atom stereocenters. The molecule has 1 fully saturated rings. The molecule has 0 saturated carbocycles. The molecule has 1 aliphatic heterocycles. The van der Waals surface area contributed by atoms with Crippen LogP contribution >= 0.6 is 0 Å². The molecule has 1 saturated heterocycles. The molecule has 21 heavy (non-hydrogen) atoms. The summed E-state index contributed by atoms with van der Waals surface area (Å²) in [5.74, 6) is 0.351. The van der Waals surface area contributed by atoms with E-state index in [0.29, 0.717) is 24.7 Å². The van der Waals surface area contributed by atoms with Gasteiger partial charge in [0.05, 0.1) is 9.82 Å². The maximum Gasteiger partial charge on any atom is 0.293 e. The zero-order valence-corrected chi connectivity index (χ0v) is 12.4. The minimum absolute atomic E-state index is 0.0729. The van der Waals surface area contributed by atoms with E-state index in [2.05, 4.69) is 0 Å². The van der Waals surface area contributed by atoms with E-state index in [0.717, 1.165) is 12.5 Å². The van der Waals surface area contributed by atoms with Gasteiger partial charge in [0, 0.05) is 25.2 Å². The third kappa shape index (κ3) is 3.31. The van der Waals surface area contributed by atoms with E-state index >= 15 is 0 Å². The molecule has 0 bridgehead atoms. The van der Waals surface area contributed by atoms with Crippen molar-refractivity contribution in [1.82, 2.24) is 0 Å². The highest BCUT2D eigenvalue weighted by molar-refractivity contribution is 7.89. The first-order valence-electron chi connectivity index (χ1n) is 6.52. The van der Waals surface area contributed by atoms with Crippen LogP contribution in [0.3, 0.4) is 0 Å². The van der Waals surface area contributed by atoms with Gasteiger partial charge < -0.3 is 10.6 Å². The minimum Gasteiger partial charge on any atom is -0.364 e. The molecule has 0 amide bonds. The number of nitrogens with two attached hydrogens (primary N) is 2. The van der Waals surface area contributed by atoms with Crippen molar-refractivity contribution >= 4 is 21.4 Å². The van der Waals surface area contributed by atoms with Crippen LogP contribution in [-0.4, -0.2) is 32.5 Å².